The molecule has 2 aromatic rings. The molecule has 0 aliphatic rings. The zero-order valence-corrected chi connectivity index (χ0v) is 15.7. The summed E-state index contributed by atoms with van der Waals surface area (Å²) in [7, 11) is 1.34. The zero-order chi connectivity index (χ0) is 19.2. The lowest BCUT2D eigenvalue weighted by atomic mass is 9.87. The second kappa shape index (κ2) is 8.52. The molecule has 0 aliphatic heterocycles. The van der Waals surface area contributed by atoms with Crippen LogP contribution in [0.2, 0.25) is 0 Å². The molecule has 1 N–H and O–H groups in total. The van der Waals surface area contributed by atoms with Crippen LogP contribution in [0.25, 0.3) is 0 Å². The van der Waals surface area contributed by atoms with Gasteiger partial charge in [0.1, 0.15) is 5.75 Å². The minimum absolute atomic E-state index is 0.0258. The summed E-state index contributed by atoms with van der Waals surface area (Å²) in [5.74, 6) is 0.0877. The van der Waals surface area contributed by atoms with Gasteiger partial charge in [0.2, 0.25) is 0 Å². The summed E-state index contributed by atoms with van der Waals surface area (Å²) < 4.78 is 10.2. The summed E-state index contributed by atoms with van der Waals surface area (Å²) in [5.41, 5.74) is 2.55. The standard InChI is InChI=1S/C21H25NO4/c1-21(2,3)17-6-5-7-18(12-17)26-14-19(23)22-13-15-8-10-16(11-9-15)20(24)25-4/h5-12H,13-14H2,1-4H3,(H,22,23). The van der Waals surface area contributed by atoms with E-state index in [2.05, 4.69) is 30.8 Å². The van der Waals surface area contributed by atoms with Crippen LogP contribution in [0.3, 0.4) is 0 Å². The number of rotatable bonds is 6. The molecule has 2 aromatic carbocycles. The molecular weight excluding hydrogens is 330 g/mol. The van der Waals surface area contributed by atoms with Gasteiger partial charge in [0.25, 0.3) is 5.91 Å². The van der Waals surface area contributed by atoms with Crippen LogP contribution in [-0.2, 0) is 21.5 Å². The van der Waals surface area contributed by atoms with Crippen molar-refractivity contribution in [3.8, 4) is 5.75 Å². The van der Waals surface area contributed by atoms with Gasteiger partial charge < -0.3 is 14.8 Å². The highest BCUT2D eigenvalue weighted by atomic mass is 16.5. The van der Waals surface area contributed by atoms with E-state index in [0.29, 0.717) is 17.9 Å². The zero-order valence-electron chi connectivity index (χ0n) is 15.7. The lowest BCUT2D eigenvalue weighted by molar-refractivity contribution is -0.123. The maximum absolute atomic E-state index is 12.0. The first kappa shape index (κ1) is 19.5. The fourth-order valence-corrected chi connectivity index (χ4v) is 2.33. The second-order valence-corrected chi connectivity index (χ2v) is 7.03. The number of carbonyl (C=O) groups excluding carboxylic acids is 2. The Morgan fingerprint density at radius 3 is 2.35 bits per heavy atom. The van der Waals surface area contributed by atoms with Gasteiger partial charge in [-0.05, 0) is 40.8 Å². The summed E-state index contributed by atoms with van der Waals surface area (Å²) in [6.07, 6.45) is 0. The van der Waals surface area contributed by atoms with E-state index in [-0.39, 0.29) is 23.9 Å². The smallest absolute Gasteiger partial charge is 0.337 e. The summed E-state index contributed by atoms with van der Waals surface area (Å²) in [6, 6.07) is 14.7. The van der Waals surface area contributed by atoms with Crippen molar-refractivity contribution in [3.05, 3.63) is 65.2 Å². The minimum Gasteiger partial charge on any atom is -0.484 e. The molecule has 2 rings (SSSR count). The number of carbonyl (C=O) groups is 2. The normalized spacial score (nSPS) is 10.9. The highest BCUT2D eigenvalue weighted by molar-refractivity contribution is 5.89. The van der Waals surface area contributed by atoms with Gasteiger partial charge in [0.15, 0.2) is 6.61 Å². The Hall–Kier alpha value is -2.82. The van der Waals surface area contributed by atoms with Crippen LogP contribution >= 0.6 is 0 Å². The van der Waals surface area contributed by atoms with Crippen LogP contribution in [0.15, 0.2) is 48.5 Å². The Morgan fingerprint density at radius 1 is 1.04 bits per heavy atom. The molecule has 5 nitrogen and oxygen atoms in total. The van der Waals surface area contributed by atoms with Crippen molar-refractivity contribution in [2.45, 2.75) is 32.7 Å². The topological polar surface area (TPSA) is 64.6 Å². The molecule has 0 saturated carbocycles. The van der Waals surface area contributed by atoms with E-state index in [1.807, 2.05) is 24.3 Å². The molecule has 0 aromatic heterocycles. The summed E-state index contributed by atoms with van der Waals surface area (Å²) >= 11 is 0. The molecule has 138 valence electrons. The maximum atomic E-state index is 12.0. The molecule has 5 heteroatoms. The Bertz CT molecular complexity index is 760. The number of benzene rings is 2. The third-order valence-corrected chi connectivity index (χ3v) is 3.93. The first-order valence-electron chi connectivity index (χ1n) is 8.47. The number of amides is 1. The van der Waals surface area contributed by atoms with Gasteiger partial charge in [-0.2, -0.15) is 0 Å². The van der Waals surface area contributed by atoms with E-state index < -0.39 is 0 Å². The number of esters is 1. The Kier molecular flexibility index (Phi) is 6.39. The number of methoxy groups -OCH3 is 1. The van der Waals surface area contributed by atoms with Crippen molar-refractivity contribution in [2.75, 3.05) is 13.7 Å². The predicted molar refractivity (Wildman–Crippen MR) is 100 cm³/mol. The van der Waals surface area contributed by atoms with Crippen molar-refractivity contribution in [1.82, 2.24) is 5.32 Å². The van der Waals surface area contributed by atoms with Crippen molar-refractivity contribution in [3.63, 3.8) is 0 Å². The molecule has 0 bridgehead atoms. The Labute approximate surface area is 154 Å². The quantitative estimate of drug-likeness (QED) is 0.806. The average Bonchev–Trinajstić information content (AvgIpc) is 2.64. The van der Waals surface area contributed by atoms with Crippen LogP contribution in [-0.4, -0.2) is 25.6 Å². The summed E-state index contributed by atoms with van der Waals surface area (Å²) in [5, 5.41) is 2.80. The largest absolute Gasteiger partial charge is 0.484 e. The van der Waals surface area contributed by atoms with E-state index in [1.54, 1.807) is 24.3 Å². The number of hydrogen-bond acceptors (Lipinski definition) is 4. The van der Waals surface area contributed by atoms with Gasteiger partial charge in [-0.3, -0.25) is 4.79 Å². The molecule has 0 fully saturated rings. The van der Waals surface area contributed by atoms with Crippen LogP contribution in [0.4, 0.5) is 0 Å². The third-order valence-electron chi connectivity index (χ3n) is 3.93. The van der Waals surface area contributed by atoms with E-state index in [0.717, 1.165) is 11.1 Å². The maximum Gasteiger partial charge on any atom is 0.337 e. The Morgan fingerprint density at radius 2 is 1.73 bits per heavy atom. The molecule has 0 atom stereocenters. The lowest BCUT2D eigenvalue weighted by Gasteiger charge is -2.19. The molecule has 0 heterocycles. The molecule has 1 amide bonds. The van der Waals surface area contributed by atoms with E-state index in [4.69, 9.17) is 4.74 Å². The predicted octanol–water partition coefficient (Wildman–Crippen LogP) is 3.47. The fourth-order valence-electron chi connectivity index (χ4n) is 2.33. The van der Waals surface area contributed by atoms with Crippen LogP contribution in [0.5, 0.6) is 5.75 Å². The number of hydrogen-bond donors (Lipinski definition) is 1. The van der Waals surface area contributed by atoms with Crippen molar-refractivity contribution in [1.29, 1.82) is 0 Å². The summed E-state index contributed by atoms with van der Waals surface area (Å²) in [4.78, 5) is 23.4. The first-order chi connectivity index (χ1) is 12.3. The molecular formula is C21H25NO4. The Balaban J connectivity index is 1.83. The van der Waals surface area contributed by atoms with Crippen molar-refractivity contribution >= 4 is 11.9 Å². The number of ether oxygens (including phenoxy) is 2. The number of nitrogens with one attached hydrogen (secondary N) is 1. The van der Waals surface area contributed by atoms with Gasteiger partial charge in [0, 0.05) is 6.54 Å². The van der Waals surface area contributed by atoms with Gasteiger partial charge in [-0.15, -0.1) is 0 Å². The van der Waals surface area contributed by atoms with E-state index in [9.17, 15) is 9.59 Å². The van der Waals surface area contributed by atoms with Crippen LogP contribution < -0.4 is 10.1 Å². The minimum atomic E-state index is -0.383. The average molecular weight is 355 g/mol. The molecule has 0 unspecified atom stereocenters. The van der Waals surface area contributed by atoms with Gasteiger partial charge in [-0.25, -0.2) is 4.79 Å². The van der Waals surface area contributed by atoms with Gasteiger partial charge in [-0.1, -0.05) is 45.0 Å². The first-order valence-corrected chi connectivity index (χ1v) is 8.47. The van der Waals surface area contributed by atoms with Gasteiger partial charge in [0.05, 0.1) is 12.7 Å². The highest BCUT2D eigenvalue weighted by Crippen LogP contribution is 2.25. The molecule has 0 saturated heterocycles. The SMILES string of the molecule is COC(=O)c1ccc(CNC(=O)COc2cccc(C(C)(C)C)c2)cc1. The van der Waals surface area contributed by atoms with E-state index in [1.165, 1.54) is 7.11 Å². The molecule has 0 aliphatic carbocycles. The van der Waals surface area contributed by atoms with Crippen molar-refractivity contribution < 1.29 is 19.1 Å². The molecule has 0 spiro atoms. The highest BCUT2D eigenvalue weighted by Gasteiger charge is 2.14. The van der Waals surface area contributed by atoms with Gasteiger partial charge >= 0.3 is 5.97 Å². The van der Waals surface area contributed by atoms with Crippen LogP contribution in [0, 0.1) is 0 Å². The van der Waals surface area contributed by atoms with E-state index >= 15 is 0 Å². The van der Waals surface area contributed by atoms with Crippen molar-refractivity contribution in [2.24, 2.45) is 0 Å². The second-order valence-electron chi connectivity index (χ2n) is 7.03. The molecule has 0 radical (unpaired) electrons. The molecule has 26 heavy (non-hydrogen) atoms. The monoisotopic (exact) mass is 355 g/mol. The third kappa shape index (κ3) is 5.62. The lowest BCUT2D eigenvalue weighted by Crippen LogP contribution is -2.28. The van der Waals surface area contributed by atoms with Crippen LogP contribution in [0.1, 0.15) is 42.3 Å². The fraction of sp³-hybridized carbons (Fsp3) is 0.333. The summed E-state index contributed by atoms with van der Waals surface area (Å²) in [6.45, 7) is 6.71.